The van der Waals surface area contributed by atoms with Gasteiger partial charge in [0.15, 0.2) is 0 Å². The average Bonchev–Trinajstić information content (AvgIpc) is 3.19. The van der Waals surface area contributed by atoms with Gasteiger partial charge in [0.05, 0.1) is 12.3 Å². The number of hydrogen-bond acceptors (Lipinski definition) is 5. The minimum atomic E-state index is 0.566. The van der Waals surface area contributed by atoms with Crippen LogP contribution in [0.1, 0.15) is 19.3 Å². The Labute approximate surface area is 113 Å². The first-order valence-corrected chi connectivity index (χ1v) is 7.81. The molecule has 0 unspecified atom stereocenters. The maximum Gasteiger partial charge on any atom is 0.239 e. The first-order chi connectivity index (χ1) is 8.79. The summed E-state index contributed by atoms with van der Waals surface area (Å²) in [6.45, 7) is 1.67. The van der Waals surface area contributed by atoms with Crippen LogP contribution in [0.2, 0.25) is 0 Å². The fourth-order valence-electron chi connectivity index (χ4n) is 1.58. The van der Waals surface area contributed by atoms with E-state index in [0.717, 1.165) is 31.1 Å². The lowest BCUT2D eigenvalue weighted by Crippen LogP contribution is -2.08. The Morgan fingerprint density at radius 2 is 2.33 bits per heavy atom. The monoisotopic (exact) mass is 267 g/mol. The lowest BCUT2D eigenvalue weighted by molar-refractivity contribution is 0.290. The van der Waals surface area contributed by atoms with Crippen LogP contribution >= 0.6 is 11.8 Å². The van der Waals surface area contributed by atoms with Crippen LogP contribution in [0.5, 0.6) is 5.88 Å². The molecule has 1 aliphatic carbocycles. The van der Waals surface area contributed by atoms with Gasteiger partial charge in [-0.25, -0.2) is 0 Å². The van der Waals surface area contributed by atoms with Crippen molar-refractivity contribution in [2.75, 3.05) is 36.2 Å². The van der Waals surface area contributed by atoms with Crippen molar-refractivity contribution in [2.24, 2.45) is 5.92 Å². The zero-order chi connectivity index (χ0) is 12.8. The van der Waals surface area contributed by atoms with Crippen LogP contribution in [0.15, 0.2) is 12.1 Å². The lowest BCUT2D eigenvalue weighted by Gasteiger charge is -2.10. The van der Waals surface area contributed by atoms with Gasteiger partial charge in [-0.05, 0) is 49.3 Å². The zero-order valence-electron chi connectivity index (χ0n) is 10.8. The van der Waals surface area contributed by atoms with Crippen LogP contribution in [0.3, 0.4) is 0 Å². The molecule has 1 aliphatic rings. The molecule has 3 N–H and O–H groups in total. The minimum absolute atomic E-state index is 0.566. The average molecular weight is 267 g/mol. The second kappa shape index (κ2) is 6.73. The first-order valence-electron chi connectivity index (χ1n) is 6.41. The number of anilines is 2. The summed E-state index contributed by atoms with van der Waals surface area (Å²) in [5.74, 6) is 3.28. The Morgan fingerprint density at radius 1 is 1.50 bits per heavy atom. The molecular weight excluding hydrogens is 246 g/mol. The largest absolute Gasteiger partial charge is 0.476 e. The number of pyridine rings is 1. The molecule has 0 saturated heterocycles. The Balaban J connectivity index is 1.83. The molecule has 0 radical (unpaired) electrons. The van der Waals surface area contributed by atoms with E-state index in [4.69, 9.17) is 10.5 Å². The highest BCUT2D eigenvalue weighted by atomic mass is 32.2. The number of nitrogens with one attached hydrogen (secondary N) is 1. The molecule has 1 aromatic heterocycles. The van der Waals surface area contributed by atoms with Crippen molar-refractivity contribution in [3.63, 3.8) is 0 Å². The molecule has 0 aliphatic heterocycles. The lowest BCUT2D eigenvalue weighted by atomic mass is 10.4. The van der Waals surface area contributed by atoms with Crippen molar-refractivity contribution in [2.45, 2.75) is 19.3 Å². The summed E-state index contributed by atoms with van der Waals surface area (Å²) in [7, 11) is 0. The summed E-state index contributed by atoms with van der Waals surface area (Å²) >= 11 is 1.86. The third kappa shape index (κ3) is 4.29. The molecule has 4 nitrogen and oxygen atoms in total. The van der Waals surface area contributed by atoms with Gasteiger partial charge in [0.25, 0.3) is 0 Å². The Morgan fingerprint density at radius 3 is 3.06 bits per heavy atom. The highest BCUT2D eigenvalue weighted by Gasteiger charge is 2.22. The number of thioether (sulfide) groups is 1. The molecule has 100 valence electrons. The second-order valence-electron chi connectivity index (χ2n) is 4.62. The van der Waals surface area contributed by atoms with E-state index in [9.17, 15) is 0 Å². The molecule has 0 spiro atoms. The van der Waals surface area contributed by atoms with Gasteiger partial charge in [-0.1, -0.05) is 0 Å². The van der Waals surface area contributed by atoms with Crippen LogP contribution in [0.4, 0.5) is 11.5 Å². The summed E-state index contributed by atoms with van der Waals surface area (Å²) in [4.78, 5) is 4.40. The normalized spacial score (nSPS) is 14.5. The van der Waals surface area contributed by atoms with Crippen LogP contribution in [-0.4, -0.2) is 30.1 Å². The Kier molecular flexibility index (Phi) is 4.99. The van der Waals surface area contributed by atoms with Crippen LogP contribution in [0.25, 0.3) is 0 Å². The highest BCUT2D eigenvalue weighted by Crippen LogP contribution is 2.30. The molecule has 1 heterocycles. The van der Waals surface area contributed by atoms with Gasteiger partial charge in [0.2, 0.25) is 5.88 Å². The van der Waals surface area contributed by atoms with Crippen molar-refractivity contribution in [1.29, 1.82) is 0 Å². The molecule has 2 rings (SSSR count). The third-order valence-electron chi connectivity index (χ3n) is 2.87. The zero-order valence-corrected chi connectivity index (χ0v) is 11.6. The fourth-order valence-corrected chi connectivity index (χ4v) is 2.01. The molecule has 5 heteroatoms. The summed E-state index contributed by atoms with van der Waals surface area (Å²) < 4.78 is 5.65. The third-order valence-corrected chi connectivity index (χ3v) is 3.57. The van der Waals surface area contributed by atoms with Gasteiger partial charge < -0.3 is 15.8 Å². The summed E-state index contributed by atoms with van der Waals surface area (Å²) in [6, 6.07) is 3.75. The van der Waals surface area contributed by atoms with E-state index in [2.05, 4.69) is 16.6 Å². The van der Waals surface area contributed by atoms with Crippen molar-refractivity contribution >= 4 is 23.3 Å². The van der Waals surface area contributed by atoms with Crippen molar-refractivity contribution < 1.29 is 4.74 Å². The fraction of sp³-hybridized carbons (Fsp3) is 0.615. The smallest absolute Gasteiger partial charge is 0.239 e. The molecule has 1 aromatic rings. The first kappa shape index (κ1) is 13.3. The SMILES string of the molecule is CSCCCNc1ccc(N)c(OCC2CC2)n1. The van der Waals surface area contributed by atoms with E-state index in [-0.39, 0.29) is 0 Å². The summed E-state index contributed by atoms with van der Waals surface area (Å²) in [6.07, 6.45) is 5.79. The van der Waals surface area contributed by atoms with Crippen molar-refractivity contribution in [3.05, 3.63) is 12.1 Å². The molecule has 1 saturated carbocycles. The van der Waals surface area contributed by atoms with Gasteiger partial charge in [-0.2, -0.15) is 16.7 Å². The number of aromatic nitrogens is 1. The van der Waals surface area contributed by atoms with E-state index in [0.29, 0.717) is 17.5 Å². The molecule has 0 bridgehead atoms. The van der Waals surface area contributed by atoms with Gasteiger partial charge in [0.1, 0.15) is 5.82 Å². The molecule has 0 amide bonds. The van der Waals surface area contributed by atoms with Gasteiger partial charge in [0, 0.05) is 6.54 Å². The van der Waals surface area contributed by atoms with Crippen molar-refractivity contribution in [3.8, 4) is 5.88 Å². The van der Waals surface area contributed by atoms with Gasteiger partial charge in [-0.15, -0.1) is 0 Å². The quantitative estimate of drug-likeness (QED) is 0.709. The highest BCUT2D eigenvalue weighted by molar-refractivity contribution is 7.98. The van der Waals surface area contributed by atoms with E-state index < -0.39 is 0 Å². The molecule has 0 atom stereocenters. The number of nitrogens with two attached hydrogens (primary N) is 1. The van der Waals surface area contributed by atoms with Gasteiger partial charge >= 0.3 is 0 Å². The topological polar surface area (TPSA) is 60.2 Å². The number of ether oxygens (including phenoxy) is 1. The Bertz CT molecular complexity index is 382. The minimum Gasteiger partial charge on any atom is -0.476 e. The van der Waals surface area contributed by atoms with Crippen LogP contribution in [0, 0.1) is 5.92 Å². The van der Waals surface area contributed by atoms with E-state index in [1.165, 1.54) is 12.8 Å². The maximum absolute atomic E-state index is 5.85. The number of hydrogen-bond donors (Lipinski definition) is 2. The standard InChI is InChI=1S/C13H21N3OS/c1-18-8-2-7-15-12-6-5-11(14)13(16-12)17-9-10-3-4-10/h5-6,10H,2-4,7-9,14H2,1H3,(H,15,16). The molecule has 18 heavy (non-hydrogen) atoms. The predicted octanol–water partition coefficient (Wildman–Crippen LogP) is 2.62. The predicted molar refractivity (Wildman–Crippen MR) is 78.4 cm³/mol. The number of nitrogen functional groups attached to an aromatic ring is 1. The second-order valence-corrected chi connectivity index (χ2v) is 5.60. The Hall–Kier alpha value is -1.10. The van der Waals surface area contributed by atoms with E-state index >= 15 is 0 Å². The number of rotatable bonds is 8. The summed E-state index contributed by atoms with van der Waals surface area (Å²) in [5, 5.41) is 3.29. The van der Waals surface area contributed by atoms with Gasteiger partial charge in [-0.3, -0.25) is 0 Å². The van der Waals surface area contributed by atoms with Crippen LogP contribution in [-0.2, 0) is 0 Å². The van der Waals surface area contributed by atoms with E-state index in [1.54, 1.807) is 0 Å². The number of nitrogens with zero attached hydrogens (tertiary/aromatic N) is 1. The van der Waals surface area contributed by atoms with Crippen LogP contribution < -0.4 is 15.8 Å². The maximum atomic E-state index is 5.85. The molecular formula is C13H21N3OS. The molecule has 1 fully saturated rings. The summed E-state index contributed by atoms with van der Waals surface area (Å²) in [5.41, 5.74) is 6.47. The van der Waals surface area contributed by atoms with Crippen molar-refractivity contribution in [1.82, 2.24) is 4.98 Å². The van der Waals surface area contributed by atoms with E-state index in [1.807, 2.05) is 23.9 Å². The molecule has 0 aromatic carbocycles.